The van der Waals surface area contributed by atoms with Crippen molar-refractivity contribution in [2.45, 2.75) is 56.7 Å². The predicted molar refractivity (Wildman–Crippen MR) is 162 cm³/mol. The largest absolute Gasteiger partial charge is 0.378 e. The SMILES string of the molecule is Cc1ccn(-c2ccc(C(=O)N[C@@H]3CCC(F)(F)C[C@@H]3C(=O)N3CC[C@@H]4[C@H](c5ccsc5)Nc5ccccc5[C@@H]43)cc2)n1. The van der Waals surface area contributed by atoms with Crippen molar-refractivity contribution in [3.63, 3.8) is 0 Å². The molecule has 43 heavy (non-hydrogen) atoms. The van der Waals surface area contributed by atoms with Crippen molar-refractivity contribution in [2.75, 3.05) is 11.9 Å². The van der Waals surface area contributed by atoms with Crippen molar-refractivity contribution in [3.05, 3.63) is 100 Å². The zero-order chi connectivity index (χ0) is 29.7. The van der Waals surface area contributed by atoms with Gasteiger partial charge in [0.05, 0.1) is 29.4 Å². The predicted octanol–water partition coefficient (Wildman–Crippen LogP) is 6.53. The molecule has 2 aliphatic heterocycles. The van der Waals surface area contributed by atoms with Crippen LogP contribution in [0, 0.1) is 18.8 Å². The first-order valence-electron chi connectivity index (χ1n) is 14.8. The number of para-hydroxylation sites is 1. The number of nitrogens with zero attached hydrogens (tertiary/aromatic N) is 3. The van der Waals surface area contributed by atoms with Gasteiger partial charge >= 0.3 is 0 Å². The van der Waals surface area contributed by atoms with E-state index in [9.17, 15) is 18.4 Å². The fourth-order valence-electron chi connectivity index (χ4n) is 7.11. The van der Waals surface area contributed by atoms with Gasteiger partial charge in [0.1, 0.15) is 0 Å². The van der Waals surface area contributed by atoms with Gasteiger partial charge in [0.25, 0.3) is 5.91 Å². The molecule has 3 aliphatic rings. The van der Waals surface area contributed by atoms with Crippen LogP contribution < -0.4 is 10.6 Å². The molecule has 4 heterocycles. The van der Waals surface area contributed by atoms with E-state index in [4.69, 9.17) is 0 Å². The highest BCUT2D eigenvalue weighted by Crippen LogP contribution is 2.52. The summed E-state index contributed by atoms with van der Waals surface area (Å²) in [6.45, 7) is 2.39. The first kappa shape index (κ1) is 27.8. The molecule has 1 saturated carbocycles. The number of carbonyl (C=O) groups excluding carboxylic acids is 2. The van der Waals surface area contributed by atoms with E-state index in [-0.39, 0.29) is 42.7 Å². The van der Waals surface area contributed by atoms with E-state index in [0.717, 1.165) is 29.1 Å². The molecule has 10 heteroatoms. The van der Waals surface area contributed by atoms with Crippen molar-refractivity contribution < 1.29 is 18.4 Å². The van der Waals surface area contributed by atoms with Gasteiger partial charge in [0.2, 0.25) is 11.8 Å². The van der Waals surface area contributed by atoms with Gasteiger partial charge in [0, 0.05) is 48.8 Å². The van der Waals surface area contributed by atoms with Crippen LogP contribution in [0.3, 0.4) is 0 Å². The van der Waals surface area contributed by atoms with E-state index in [0.29, 0.717) is 12.1 Å². The normalized spacial score (nSPS) is 25.8. The molecular weight excluding hydrogens is 568 g/mol. The van der Waals surface area contributed by atoms with Gasteiger partial charge in [-0.15, -0.1) is 0 Å². The standard InChI is InChI=1S/C33H33F2N5O2S/c1-20-11-16-40(38-20)23-8-6-21(7-9-23)31(41)37-28-10-14-33(34,35)18-26(28)32(42)39-15-12-25-29(22-13-17-43-19-22)36-27-5-3-2-4-24(27)30(25)39/h2-9,11,13,16-17,19,25-26,28-30,36H,10,12,14-15,18H2,1H3,(H,37,41)/t25-,26+,28-,29+,30+/m1/s1. The Bertz CT molecular complexity index is 1640. The Hall–Kier alpha value is -4.05. The second-order valence-corrected chi connectivity index (χ2v) is 12.7. The summed E-state index contributed by atoms with van der Waals surface area (Å²) in [5, 5.41) is 15.2. The number of aryl methyl sites for hydroxylation is 1. The van der Waals surface area contributed by atoms with Crippen LogP contribution >= 0.6 is 11.3 Å². The first-order chi connectivity index (χ1) is 20.8. The maximum absolute atomic E-state index is 14.9. The van der Waals surface area contributed by atoms with Crippen LogP contribution in [0.4, 0.5) is 14.5 Å². The van der Waals surface area contributed by atoms with Crippen LogP contribution in [0.25, 0.3) is 5.69 Å². The Morgan fingerprint density at radius 1 is 1.07 bits per heavy atom. The molecule has 2 fully saturated rings. The third-order valence-corrected chi connectivity index (χ3v) is 9.93. The lowest BCUT2D eigenvalue weighted by atomic mass is 9.79. The van der Waals surface area contributed by atoms with Gasteiger partial charge in [-0.05, 0) is 84.1 Å². The number of aromatic nitrogens is 2. The Morgan fingerprint density at radius 3 is 2.63 bits per heavy atom. The van der Waals surface area contributed by atoms with Crippen LogP contribution in [0.1, 0.15) is 64.9 Å². The highest BCUT2D eigenvalue weighted by atomic mass is 32.1. The molecule has 0 radical (unpaired) electrons. The van der Waals surface area contributed by atoms with Gasteiger partial charge in [-0.3, -0.25) is 9.59 Å². The maximum Gasteiger partial charge on any atom is 0.251 e. The summed E-state index contributed by atoms with van der Waals surface area (Å²) in [6, 6.07) is 18.1. The smallest absolute Gasteiger partial charge is 0.251 e. The lowest BCUT2D eigenvalue weighted by Crippen LogP contribution is -2.53. The molecule has 2 aromatic heterocycles. The number of hydrogen-bond donors (Lipinski definition) is 2. The number of hydrogen-bond acceptors (Lipinski definition) is 5. The van der Waals surface area contributed by atoms with Crippen molar-refractivity contribution in [2.24, 2.45) is 11.8 Å². The summed E-state index contributed by atoms with van der Waals surface area (Å²) in [7, 11) is 0. The number of amides is 2. The maximum atomic E-state index is 14.9. The topological polar surface area (TPSA) is 79.3 Å². The molecule has 0 spiro atoms. The number of alkyl halides is 2. The lowest BCUT2D eigenvalue weighted by molar-refractivity contribution is -0.146. The molecule has 2 N–H and O–H groups in total. The summed E-state index contributed by atoms with van der Waals surface area (Å²) in [6.07, 6.45) is 1.71. The summed E-state index contributed by atoms with van der Waals surface area (Å²) >= 11 is 1.63. The molecule has 0 bridgehead atoms. The van der Waals surface area contributed by atoms with Gasteiger partial charge in [-0.1, -0.05) is 18.2 Å². The quantitative estimate of drug-likeness (QED) is 0.273. The number of rotatable bonds is 5. The van der Waals surface area contributed by atoms with Gasteiger partial charge in [-0.25, -0.2) is 13.5 Å². The third-order valence-electron chi connectivity index (χ3n) is 9.22. The number of anilines is 1. The van der Waals surface area contributed by atoms with Gasteiger partial charge in [-0.2, -0.15) is 16.4 Å². The van der Waals surface area contributed by atoms with Crippen LogP contribution in [0.5, 0.6) is 0 Å². The summed E-state index contributed by atoms with van der Waals surface area (Å²) in [5.41, 5.74) is 5.25. The molecular formula is C33H33F2N5O2S. The average Bonchev–Trinajstić information content (AvgIpc) is 3.79. The molecule has 7 rings (SSSR count). The summed E-state index contributed by atoms with van der Waals surface area (Å²) < 4.78 is 31.4. The van der Waals surface area contributed by atoms with Crippen molar-refractivity contribution in [1.29, 1.82) is 0 Å². The average molecular weight is 602 g/mol. The monoisotopic (exact) mass is 601 g/mol. The molecule has 2 amide bonds. The Kier molecular flexibility index (Phi) is 7.04. The molecule has 0 unspecified atom stereocenters. The van der Waals surface area contributed by atoms with E-state index >= 15 is 0 Å². The van der Waals surface area contributed by atoms with E-state index in [2.05, 4.69) is 27.2 Å². The fraction of sp³-hybridized carbons (Fsp3) is 0.364. The minimum absolute atomic E-state index is 0.0286. The van der Waals surface area contributed by atoms with Crippen LogP contribution in [-0.2, 0) is 4.79 Å². The second-order valence-electron chi connectivity index (χ2n) is 11.9. The summed E-state index contributed by atoms with van der Waals surface area (Å²) in [5.74, 6) is -4.54. The third kappa shape index (κ3) is 5.22. The van der Waals surface area contributed by atoms with Gasteiger partial charge in [0.15, 0.2) is 0 Å². The van der Waals surface area contributed by atoms with Crippen molar-refractivity contribution in [1.82, 2.24) is 20.0 Å². The number of benzene rings is 2. The number of nitrogens with one attached hydrogen (secondary N) is 2. The minimum atomic E-state index is -2.96. The summed E-state index contributed by atoms with van der Waals surface area (Å²) in [4.78, 5) is 29.4. The van der Waals surface area contributed by atoms with Crippen molar-refractivity contribution >= 4 is 28.8 Å². The highest BCUT2D eigenvalue weighted by molar-refractivity contribution is 7.08. The minimum Gasteiger partial charge on any atom is -0.378 e. The number of carbonyl (C=O) groups is 2. The Balaban J connectivity index is 1.14. The molecule has 1 aliphatic carbocycles. The molecule has 2 aromatic carbocycles. The van der Waals surface area contributed by atoms with Gasteiger partial charge < -0.3 is 15.5 Å². The number of likely N-dealkylation sites (tertiary alicyclic amines) is 1. The zero-order valence-corrected chi connectivity index (χ0v) is 24.6. The first-order valence-corrected chi connectivity index (χ1v) is 15.7. The molecule has 222 valence electrons. The number of halogens is 2. The Morgan fingerprint density at radius 2 is 1.88 bits per heavy atom. The molecule has 7 nitrogen and oxygen atoms in total. The molecule has 4 aromatic rings. The Labute approximate surface area is 252 Å². The number of thiophene rings is 1. The highest BCUT2D eigenvalue weighted by Gasteiger charge is 2.51. The van der Waals surface area contributed by atoms with E-state index in [1.54, 1.807) is 40.3 Å². The van der Waals surface area contributed by atoms with Crippen LogP contribution in [0.15, 0.2) is 77.6 Å². The zero-order valence-electron chi connectivity index (χ0n) is 23.8. The van der Waals surface area contributed by atoms with Crippen LogP contribution in [0.2, 0.25) is 0 Å². The van der Waals surface area contributed by atoms with Crippen molar-refractivity contribution in [3.8, 4) is 5.69 Å². The second kappa shape index (κ2) is 10.9. The number of fused-ring (bicyclic) bond motifs is 3. The fourth-order valence-corrected chi connectivity index (χ4v) is 7.81. The van der Waals surface area contributed by atoms with E-state index in [1.807, 2.05) is 53.7 Å². The van der Waals surface area contributed by atoms with E-state index < -0.39 is 24.3 Å². The van der Waals surface area contributed by atoms with E-state index in [1.165, 1.54) is 5.56 Å². The van der Waals surface area contributed by atoms with Crippen LogP contribution in [-0.4, -0.2) is 45.0 Å². The molecule has 1 saturated heterocycles. The molecule has 5 atom stereocenters. The lowest BCUT2D eigenvalue weighted by Gasteiger charge is -2.42.